The molecule has 0 saturated heterocycles. The highest BCUT2D eigenvalue weighted by Crippen LogP contribution is 2.33. The van der Waals surface area contributed by atoms with E-state index in [1.165, 1.54) is 12.8 Å². The van der Waals surface area contributed by atoms with Gasteiger partial charge in [0.2, 0.25) is 5.91 Å². The molecule has 0 radical (unpaired) electrons. The van der Waals surface area contributed by atoms with E-state index in [1.807, 2.05) is 0 Å². The summed E-state index contributed by atoms with van der Waals surface area (Å²) in [7, 11) is 1.58. The van der Waals surface area contributed by atoms with Crippen molar-refractivity contribution in [1.82, 2.24) is 0 Å². The lowest BCUT2D eigenvalue weighted by atomic mass is 9.84. The van der Waals surface area contributed by atoms with E-state index >= 15 is 0 Å². The summed E-state index contributed by atoms with van der Waals surface area (Å²) in [5, 5.41) is 12.3. The number of amides is 1. The minimum absolute atomic E-state index is 0.249. The Morgan fingerprint density at radius 2 is 1.87 bits per heavy atom. The first-order valence-electron chi connectivity index (χ1n) is 8.19. The number of carbonyl (C=O) groups excluding carboxylic acids is 1. The predicted molar refractivity (Wildman–Crippen MR) is 88.5 cm³/mol. The van der Waals surface area contributed by atoms with Crippen LogP contribution < -0.4 is 10.1 Å². The average Bonchev–Trinajstić information content (AvgIpc) is 3.05. The summed E-state index contributed by atoms with van der Waals surface area (Å²) in [4.78, 5) is 24.0. The predicted octanol–water partition coefficient (Wildman–Crippen LogP) is 3.55. The lowest BCUT2D eigenvalue weighted by molar-refractivity contribution is -0.146. The van der Waals surface area contributed by atoms with Crippen molar-refractivity contribution in [1.29, 1.82) is 0 Å². The largest absolute Gasteiger partial charge is 0.497 e. The molecule has 1 amide bonds. The third-order valence-corrected chi connectivity index (χ3v) is 4.75. The van der Waals surface area contributed by atoms with Crippen molar-refractivity contribution in [3.05, 3.63) is 24.3 Å². The van der Waals surface area contributed by atoms with Crippen LogP contribution in [0.4, 0.5) is 5.69 Å². The molecule has 1 aromatic rings. The van der Waals surface area contributed by atoms with Crippen molar-refractivity contribution >= 4 is 17.6 Å². The maximum atomic E-state index is 12.4. The molecule has 2 rings (SSSR count). The van der Waals surface area contributed by atoms with Gasteiger partial charge in [-0.25, -0.2) is 0 Å². The Bertz CT molecular complexity index is 534. The molecule has 0 bridgehead atoms. The number of carboxylic acid groups (broad SMARTS) is 1. The first-order chi connectivity index (χ1) is 11.0. The van der Waals surface area contributed by atoms with Crippen molar-refractivity contribution in [3.8, 4) is 5.75 Å². The fourth-order valence-electron chi connectivity index (χ4n) is 3.24. The summed E-state index contributed by atoms with van der Waals surface area (Å²) in [6.45, 7) is 1.70. The second-order valence-corrected chi connectivity index (χ2v) is 6.34. The van der Waals surface area contributed by atoms with Gasteiger partial charge in [0.25, 0.3) is 0 Å². The molecular formula is C18H25NO4. The van der Waals surface area contributed by atoms with Gasteiger partial charge in [-0.05, 0) is 36.6 Å². The van der Waals surface area contributed by atoms with Gasteiger partial charge in [0, 0.05) is 11.6 Å². The maximum Gasteiger partial charge on any atom is 0.307 e. The van der Waals surface area contributed by atoms with E-state index in [2.05, 4.69) is 5.32 Å². The van der Waals surface area contributed by atoms with Gasteiger partial charge in [0.1, 0.15) is 5.75 Å². The zero-order valence-corrected chi connectivity index (χ0v) is 13.7. The monoisotopic (exact) mass is 319 g/mol. The second kappa shape index (κ2) is 7.99. The highest BCUT2D eigenvalue weighted by atomic mass is 16.5. The minimum atomic E-state index is -0.880. The van der Waals surface area contributed by atoms with Gasteiger partial charge in [-0.2, -0.15) is 0 Å². The molecule has 5 nitrogen and oxygen atoms in total. The Labute approximate surface area is 137 Å². The Balaban J connectivity index is 1.98. The van der Waals surface area contributed by atoms with E-state index in [1.54, 1.807) is 38.3 Å². The van der Waals surface area contributed by atoms with E-state index in [-0.39, 0.29) is 5.91 Å². The fraction of sp³-hybridized carbons (Fsp3) is 0.556. The Hall–Kier alpha value is -2.04. The summed E-state index contributed by atoms with van der Waals surface area (Å²) >= 11 is 0. The van der Waals surface area contributed by atoms with Crippen molar-refractivity contribution in [3.63, 3.8) is 0 Å². The van der Waals surface area contributed by atoms with Crippen LogP contribution in [0.15, 0.2) is 24.3 Å². The number of anilines is 1. The minimum Gasteiger partial charge on any atom is -0.497 e. The van der Waals surface area contributed by atoms with Crippen LogP contribution in [0.1, 0.15) is 39.0 Å². The molecule has 0 spiro atoms. The molecule has 2 N–H and O–H groups in total. The van der Waals surface area contributed by atoms with E-state index in [0.717, 1.165) is 12.8 Å². The van der Waals surface area contributed by atoms with E-state index in [4.69, 9.17) is 4.74 Å². The van der Waals surface area contributed by atoms with E-state index < -0.39 is 17.8 Å². The van der Waals surface area contributed by atoms with Crippen LogP contribution in [0.25, 0.3) is 0 Å². The molecule has 1 aliphatic rings. The Kier molecular flexibility index (Phi) is 6.02. The number of carboxylic acids is 1. The summed E-state index contributed by atoms with van der Waals surface area (Å²) in [5.41, 5.74) is 0.646. The van der Waals surface area contributed by atoms with Crippen LogP contribution in [0.3, 0.4) is 0 Å². The number of hydrogen-bond acceptors (Lipinski definition) is 3. The quantitative estimate of drug-likeness (QED) is 0.806. The van der Waals surface area contributed by atoms with Gasteiger partial charge in [0.15, 0.2) is 0 Å². The number of methoxy groups -OCH3 is 1. The van der Waals surface area contributed by atoms with Gasteiger partial charge >= 0.3 is 5.97 Å². The SMILES string of the molecule is COc1ccc(NC(=O)C(C)C(CC2CCCC2)C(=O)O)cc1. The molecule has 2 unspecified atom stereocenters. The van der Waals surface area contributed by atoms with Crippen LogP contribution in [0.5, 0.6) is 5.75 Å². The molecular weight excluding hydrogens is 294 g/mol. The van der Waals surface area contributed by atoms with Gasteiger partial charge in [-0.1, -0.05) is 32.6 Å². The number of nitrogens with one attached hydrogen (secondary N) is 1. The summed E-state index contributed by atoms with van der Waals surface area (Å²) in [6, 6.07) is 7.01. The highest BCUT2D eigenvalue weighted by molar-refractivity contribution is 5.94. The van der Waals surface area contributed by atoms with Crippen molar-refractivity contribution in [2.75, 3.05) is 12.4 Å². The number of carbonyl (C=O) groups is 2. The standard InChI is InChI=1S/C18H25NO4/c1-12(16(18(21)22)11-13-5-3-4-6-13)17(20)19-14-7-9-15(23-2)10-8-14/h7-10,12-13,16H,3-6,11H2,1-2H3,(H,19,20)(H,21,22). The normalized spacial score (nSPS) is 17.5. The Morgan fingerprint density at radius 1 is 1.26 bits per heavy atom. The number of rotatable bonds is 7. The Morgan fingerprint density at radius 3 is 2.39 bits per heavy atom. The van der Waals surface area contributed by atoms with Crippen molar-refractivity contribution in [2.24, 2.45) is 17.8 Å². The molecule has 0 aliphatic heterocycles. The van der Waals surface area contributed by atoms with E-state index in [9.17, 15) is 14.7 Å². The smallest absolute Gasteiger partial charge is 0.307 e. The zero-order chi connectivity index (χ0) is 16.8. The van der Waals surface area contributed by atoms with E-state index in [0.29, 0.717) is 23.8 Å². The van der Waals surface area contributed by atoms with Crippen molar-refractivity contribution in [2.45, 2.75) is 39.0 Å². The maximum absolute atomic E-state index is 12.4. The molecule has 0 aromatic heterocycles. The molecule has 1 fully saturated rings. The molecule has 126 valence electrons. The lowest BCUT2D eigenvalue weighted by Crippen LogP contribution is -2.33. The number of ether oxygens (including phenoxy) is 1. The third kappa shape index (κ3) is 4.71. The van der Waals surface area contributed by atoms with Gasteiger partial charge in [-0.15, -0.1) is 0 Å². The molecule has 2 atom stereocenters. The van der Waals surface area contributed by atoms with Crippen molar-refractivity contribution < 1.29 is 19.4 Å². The average molecular weight is 319 g/mol. The third-order valence-electron chi connectivity index (χ3n) is 4.75. The molecule has 23 heavy (non-hydrogen) atoms. The number of benzene rings is 1. The molecule has 5 heteroatoms. The van der Waals surface area contributed by atoms with Crippen LogP contribution in [-0.4, -0.2) is 24.1 Å². The first kappa shape index (κ1) is 17.3. The number of hydrogen-bond donors (Lipinski definition) is 2. The van der Waals surface area contributed by atoms with Gasteiger partial charge in [-0.3, -0.25) is 9.59 Å². The summed E-state index contributed by atoms with van der Waals surface area (Å²) in [6.07, 6.45) is 5.09. The highest BCUT2D eigenvalue weighted by Gasteiger charge is 2.33. The summed E-state index contributed by atoms with van der Waals surface area (Å²) in [5.74, 6) is -1.17. The fourth-order valence-corrected chi connectivity index (χ4v) is 3.24. The van der Waals surface area contributed by atoms with Crippen LogP contribution >= 0.6 is 0 Å². The summed E-state index contributed by atoms with van der Waals surface area (Å²) < 4.78 is 5.08. The molecule has 1 aromatic carbocycles. The molecule has 1 aliphatic carbocycles. The van der Waals surface area contributed by atoms with Gasteiger partial charge < -0.3 is 15.2 Å². The molecule has 0 heterocycles. The van der Waals surface area contributed by atoms with Crippen LogP contribution in [0.2, 0.25) is 0 Å². The first-order valence-corrected chi connectivity index (χ1v) is 8.19. The number of aliphatic carboxylic acids is 1. The lowest BCUT2D eigenvalue weighted by Gasteiger charge is -2.22. The zero-order valence-electron chi connectivity index (χ0n) is 13.7. The molecule has 1 saturated carbocycles. The topological polar surface area (TPSA) is 75.6 Å². The van der Waals surface area contributed by atoms with Crippen LogP contribution in [0, 0.1) is 17.8 Å². The second-order valence-electron chi connectivity index (χ2n) is 6.34. The van der Waals surface area contributed by atoms with Crippen LogP contribution in [-0.2, 0) is 9.59 Å². The van der Waals surface area contributed by atoms with Gasteiger partial charge in [0.05, 0.1) is 13.0 Å².